The Morgan fingerprint density at radius 3 is 1.87 bits per heavy atom. The van der Waals surface area contributed by atoms with Crippen LogP contribution >= 0.6 is 0 Å². The average Bonchev–Trinajstić information content (AvgIpc) is 3.06. The molecule has 10 heteroatoms. The fraction of sp³-hybridized carbons (Fsp3) is 0.730. The number of unbranched alkanes of at least 4 members (excludes halogenated alkanes) is 8. The molecule has 0 saturated carbocycles. The number of aliphatic hydroxyl groups is 4. The van der Waals surface area contributed by atoms with Crippen LogP contribution in [0.2, 0.25) is 0 Å². The number of carbonyl (C=O) groups is 2. The summed E-state index contributed by atoms with van der Waals surface area (Å²) >= 11 is 0. The zero-order valence-electron chi connectivity index (χ0n) is 28.8. The molecule has 1 heterocycles. The molecule has 0 aromatic carbocycles. The van der Waals surface area contributed by atoms with E-state index in [2.05, 4.69) is 62.5 Å². The van der Waals surface area contributed by atoms with Crippen LogP contribution in [0.15, 0.2) is 48.6 Å². The summed E-state index contributed by atoms with van der Waals surface area (Å²) in [5.74, 6) is -0.856. The third-order valence-corrected chi connectivity index (χ3v) is 7.73. The molecule has 47 heavy (non-hydrogen) atoms. The fourth-order valence-corrected chi connectivity index (χ4v) is 4.88. The molecular formula is C37H62O10. The van der Waals surface area contributed by atoms with Crippen LogP contribution in [0.1, 0.15) is 117 Å². The Morgan fingerprint density at radius 2 is 1.26 bits per heavy atom. The van der Waals surface area contributed by atoms with Gasteiger partial charge in [-0.1, -0.05) is 101 Å². The van der Waals surface area contributed by atoms with Gasteiger partial charge in [0.1, 0.15) is 31.0 Å². The molecular weight excluding hydrogens is 604 g/mol. The van der Waals surface area contributed by atoms with Crippen molar-refractivity contribution in [1.29, 1.82) is 0 Å². The lowest BCUT2D eigenvalue weighted by Crippen LogP contribution is -2.59. The van der Waals surface area contributed by atoms with Crippen LogP contribution in [0.4, 0.5) is 0 Å². The van der Waals surface area contributed by atoms with E-state index in [0.717, 1.165) is 77.0 Å². The lowest BCUT2D eigenvalue weighted by molar-refractivity contribution is -0.305. The van der Waals surface area contributed by atoms with E-state index >= 15 is 0 Å². The predicted octanol–water partition coefficient (Wildman–Crippen LogP) is 5.76. The molecule has 0 spiro atoms. The van der Waals surface area contributed by atoms with Gasteiger partial charge in [0.25, 0.3) is 0 Å². The molecule has 1 saturated heterocycles. The SMILES string of the molecule is CC/C=C\C/C=C\C/C=C\C/C=C\CCCCCCC(=O)OC(COC(=O)CCCCCCC)COC1OC(CO)C(O)C(O)C1O. The first-order chi connectivity index (χ1) is 22.8. The van der Waals surface area contributed by atoms with E-state index in [-0.39, 0.29) is 26.1 Å². The minimum Gasteiger partial charge on any atom is -0.462 e. The fourth-order valence-electron chi connectivity index (χ4n) is 4.88. The molecule has 1 fully saturated rings. The molecule has 0 radical (unpaired) electrons. The second-order valence-corrected chi connectivity index (χ2v) is 11.9. The lowest BCUT2D eigenvalue weighted by atomic mass is 9.99. The van der Waals surface area contributed by atoms with Crippen LogP contribution in [-0.4, -0.2) is 89.0 Å². The zero-order chi connectivity index (χ0) is 34.5. The van der Waals surface area contributed by atoms with Gasteiger partial charge < -0.3 is 39.4 Å². The Balaban J connectivity index is 2.39. The van der Waals surface area contributed by atoms with Gasteiger partial charge in [-0.15, -0.1) is 0 Å². The van der Waals surface area contributed by atoms with Crippen molar-refractivity contribution in [2.45, 2.75) is 153 Å². The van der Waals surface area contributed by atoms with Crippen molar-refractivity contribution in [1.82, 2.24) is 0 Å². The van der Waals surface area contributed by atoms with E-state index in [9.17, 15) is 30.0 Å². The predicted molar refractivity (Wildman–Crippen MR) is 182 cm³/mol. The maximum Gasteiger partial charge on any atom is 0.306 e. The third-order valence-electron chi connectivity index (χ3n) is 7.73. The summed E-state index contributed by atoms with van der Waals surface area (Å²) in [6.45, 7) is 3.14. The topological polar surface area (TPSA) is 152 Å². The second kappa shape index (κ2) is 28.7. The normalized spacial score (nSPS) is 22.6. The Morgan fingerprint density at radius 1 is 0.681 bits per heavy atom. The molecule has 0 aromatic rings. The van der Waals surface area contributed by atoms with E-state index in [0.29, 0.717) is 12.8 Å². The first-order valence-electron chi connectivity index (χ1n) is 17.7. The third kappa shape index (κ3) is 21.3. The number of carbonyl (C=O) groups excluding carboxylic acids is 2. The molecule has 1 rings (SSSR count). The van der Waals surface area contributed by atoms with Gasteiger partial charge in [0, 0.05) is 12.8 Å². The van der Waals surface area contributed by atoms with Crippen molar-refractivity contribution in [3.63, 3.8) is 0 Å². The maximum atomic E-state index is 12.6. The number of allylic oxidation sites excluding steroid dienone is 8. The van der Waals surface area contributed by atoms with Crippen molar-refractivity contribution in [2.24, 2.45) is 0 Å². The summed E-state index contributed by atoms with van der Waals surface area (Å²) < 4.78 is 21.8. The zero-order valence-corrected chi connectivity index (χ0v) is 28.8. The summed E-state index contributed by atoms with van der Waals surface area (Å²) in [6, 6.07) is 0. The van der Waals surface area contributed by atoms with Crippen molar-refractivity contribution in [3.05, 3.63) is 48.6 Å². The van der Waals surface area contributed by atoms with Crippen LogP contribution in [0, 0.1) is 0 Å². The molecule has 6 unspecified atom stereocenters. The van der Waals surface area contributed by atoms with Gasteiger partial charge in [-0.05, 0) is 51.4 Å². The quantitative estimate of drug-likeness (QED) is 0.0484. The van der Waals surface area contributed by atoms with E-state index in [4.69, 9.17) is 18.9 Å². The minimum atomic E-state index is -1.60. The van der Waals surface area contributed by atoms with Crippen molar-refractivity contribution in [3.8, 4) is 0 Å². The minimum absolute atomic E-state index is 0.200. The van der Waals surface area contributed by atoms with E-state index in [1.807, 2.05) is 0 Å². The molecule has 0 bridgehead atoms. The molecule has 0 aliphatic carbocycles. The highest BCUT2D eigenvalue weighted by molar-refractivity contribution is 5.70. The van der Waals surface area contributed by atoms with Crippen molar-refractivity contribution < 1.29 is 49.0 Å². The molecule has 0 aromatic heterocycles. The molecule has 0 amide bonds. The van der Waals surface area contributed by atoms with Crippen molar-refractivity contribution in [2.75, 3.05) is 19.8 Å². The summed E-state index contributed by atoms with van der Waals surface area (Å²) in [4.78, 5) is 24.9. The van der Waals surface area contributed by atoms with E-state index < -0.39 is 55.4 Å². The van der Waals surface area contributed by atoms with Gasteiger partial charge in [0.2, 0.25) is 0 Å². The number of ether oxygens (including phenoxy) is 4. The van der Waals surface area contributed by atoms with Crippen molar-refractivity contribution >= 4 is 11.9 Å². The Kier molecular flexibility index (Phi) is 26.0. The number of hydrogen-bond acceptors (Lipinski definition) is 10. The molecule has 6 atom stereocenters. The lowest BCUT2D eigenvalue weighted by Gasteiger charge is -2.39. The summed E-state index contributed by atoms with van der Waals surface area (Å²) in [7, 11) is 0. The number of hydrogen-bond donors (Lipinski definition) is 4. The van der Waals surface area contributed by atoms with Gasteiger partial charge in [-0.25, -0.2) is 0 Å². The van der Waals surface area contributed by atoms with Crippen LogP contribution < -0.4 is 0 Å². The van der Waals surface area contributed by atoms with Gasteiger partial charge in [-0.2, -0.15) is 0 Å². The molecule has 270 valence electrons. The Hall–Kier alpha value is -2.34. The molecule has 1 aliphatic rings. The summed E-state index contributed by atoms with van der Waals surface area (Å²) in [5, 5.41) is 39.7. The largest absolute Gasteiger partial charge is 0.462 e. The highest BCUT2D eigenvalue weighted by Crippen LogP contribution is 2.22. The summed E-state index contributed by atoms with van der Waals surface area (Å²) in [5.41, 5.74) is 0. The first kappa shape index (κ1) is 42.7. The standard InChI is InChI=1S/C37H62O10/c1-3-5-7-9-10-11-12-13-14-15-16-17-18-19-20-22-24-26-33(40)46-30(28-44-32(39)25-23-21-8-6-4-2)29-45-37-36(43)35(42)34(41)31(27-38)47-37/h5,7,10-11,13-14,16-17,30-31,34-38,41-43H,3-4,6,8-9,12,15,18-29H2,1-2H3/b7-5-,11-10-,14-13-,17-16-. The first-order valence-corrected chi connectivity index (χ1v) is 17.7. The molecule has 10 nitrogen and oxygen atoms in total. The average molecular weight is 667 g/mol. The Labute approximate surface area is 282 Å². The Bertz CT molecular complexity index is 913. The van der Waals surface area contributed by atoms with E-state index in [1.54, 1.807) is 0 Å². The number of esters is 2. The molecule has 1 aliphatic heterocycles. The number of rotatable bonds is 27. The van der Waals surface area contributed by atoms with Crippen LogP contribution in [0.25, 0.3) is 0 Å². The second-order valence-electron chi connectivity index (χ2n) is 11.9. The smallest absolute Gasteiger partial charge is 0.306 e. The highest BCUT2D eigenvalue weighted by atomic mass is 16.7. The highest BCUT2D eigenvalue weighted by Gasteiger charge is 2.44. The van der Waals surface area contributed by atoms with Crippen LogP contribution in [0.3, 0.4) is 0 Å². The van der Waals surface area contributed by atoms with Gasteiger partial charge in [0.05, 0.1) is 13.2 Å². The van der Waals surface area contributed by atoms with Crippen LogP contribution in [0.5, 0.6) is 0 Å². The summed E-state index contributed by atoms with van der Waals surface area (Å²) in [6.07, 6.45) is 23.1. The van der Waals surface area contributed by atoms with Gasteiger partial charge in [0.15, 0.2) is 12.4 Å². The van der Waals surface area contributed by atoms with Gasteiger partial charge in [-0.3, -0.25) is 9.59 Å². The van der Waals surface area contributed by atoms with Gasteiger partial charge >= 0.3 is 11.9 Å². The molecule has 4 N–H and O–H groups in total. The van der Waals surface area contributed by atoms with E-state index in [1.165, 1.54) is 0 Å². The monoisotopic (exact) mass is 666 g/mol. The number of aliphatic hydroxyl groups excluding tert-OH is 4. The maximum absolute atomic E-state index is 12.6. The van der Waals surface area contributed by atoms with Crippen LogP contribution in [-0.2, 0) is 28.5 Å².